The standard InChI is InChI=1S/C15H30N2/c1-11(2)15-10-17(8-7-16-15)14-6-5-12(3)13(4)9-14/h11-16H,5-10H2,1-4H3. The summed E-state index contributed by atoms with van der Waals surface area (Å²) in [6.07, 6.45) is 4.28. The Morgan fingerprint density at radius 3 is 2.53 bits per heavy atom. The summed E-state index contributed by atoms with van der Waals surface area (Å²) in [5.74, 6) is 2.62. The van der Waals surface area contributed by atoms with Crippen LogP contribution < -0.4 is 5.32 Å². The molecule has 17 heavy (non-hydrogen) atoms. The quantitative estimate of drug-likeness (QED) is 0.796. The monoisotopic (exact) mass is 238 g/mol. The van der Waals surface area contributed by atoms with Crippen LogP contribution in [0.3, 0.4) is 0 Å². The van der Waals surface area contributed by atoms with E-state index in [1.165, 1.54) is 38.9 Å². The first-order chi connectivity index (χ1) is 8.08. The third-order valence-electron chi connectivity index (χ3n) is 5.13. The molecule has 2 rings (SSSR count). The first-order valence-corrected chi connectivity index (χ1v) is 7.55. The molecule has 1 heterocycles. The van der Waals surface area contributed by atoms with Gasteiger partial charge < -0.3 is 5.32 Å². The zero-order valence-corrected chi connectivity index (χ0v) is 12.1. The van der Waals surface area contributed by atoms with Crippen LogP contribution in [0.25, 0.3) is 0 Å². The fourth-order valence-electron chi connectivity index (χ4n) is 3.43. The summed E-state index contributed by atoms with van der Waals surface area (Å²) in [5, 5.41) is 3.67. The van der Waals surface area contributed by atoms with Gasteiger partial charge in [0.1, 0.15) is 0 Å². The van der Waals surface area contributed by atoms with E-state index in [1.54, 1.807) is 0 Å². The lowest BCUT2D eigenvalue weighted by Crippen LogP contribution is -2.56. The fourth-order valence-corrected chi connectivity index (χ4v) is 3.43. The molecule has 2 heteroatoms. The van der Waals surface area contributed by atoms with Crippen molar-refractivity contribution in [3.05, 3.63) is 0 Å². The van der Waals surface area contributed by atoms with E-state index in [1.807, 2.05) is 0 Å². The van der Waals surface area contributed by atoms with E-state index in [4.69, 9.17) is 0 Å². The lowest BCUT2D eigenvalue weighted by atomic mass is 9.78. The Balaban J connectivity index is 1.89. The zero-order valence-electron chi connectivity index (χ0n) is 12.1. The van der Waals surface area contributed by atoms with E-state index in [9.17, 15) is 0 Å². The Hall–Kier alpha value is -0.0800. The Bertz CT molecular complexity index is 239. The highest BCUT2D eigenvalue weighted by Gasteiger charge is 2.31. The number of nitrogens with one attached hydrogen (secondary N) is 1. The van der Waals surface area contributed by atoms with Crippen molar-refractivity contribution in [3.8, 4) is 0 Å². The van der Waals surface area contributed by atoms with Crippen molar-refractivity contribution >= 4 is 0 Å². The molecule has 0 spiro atoms. The van der Waals surface area contributed by atoms with Crippen LogP contribution in [0, 0.1) is 17.8 Å². The normalized spacial score (nSPS) is 40.8. The highest BCUT2D eigenvalue weighted by atomic mass is 15.2. The van der Waals surface area contributed by atoms with Crippen molar-refractivity contribution in [2.75, 3.05) is 19.6 Å². The summed E-state index contributed by atoms with van der Waals surface area (Å²) >= 11 is 0. The van der Waals surface area contributed by atoms with E-state index in [0.29, 0.717) is 6.04 Å². The summed E-state index contributed by atoms with van der Waals surface area (Å²) in [4.78, 5) is 2.77. The van der Waals surface area contributed by atoms with Crippen molar-refractivity contribution < 1.29 is 0 Å². The molecule has 1 N–H and O–H groups in total. The Kier molecular flexibility index (Phi) is 4.48. The Labute approximate surface area is 107 Å². The highest BCUT2D eigenvalue weighted by Crippen LogP contribution is 2.32. The first kappa shape index (κ1) is 13.4. The summed E-state index contributed by atoms with van der Waals surface area (Å²) in [6.45, 7) is 13.3. The van der Waals surface area contributed by atoms with Crippen LogP contribution in [0.15, 0.2) is 0 Å². The van der Waals surface area contributed by atoms with Crippen molar-refractivity contribution in [1.29, 1.82) is 0 Å². The Morgan fingerprint density at radius 2 is 1.88 bits per heavy atom. The summed E-state index contributed by atoms with van der Waals surface area (Å²) in [5.41, 5.74) is 0. The number of rotatable bonds is 2. The summed E-state index contributed by atoms with van der Waals surface area (Å²) in [7, 11) is 0. The van der Waals surface area contributed by atoms with Crippen LogP contribution in [0.2, 0.25) is 0 Å². The molecule has 0 aromatic rings. The molecule has 4 unspecified atom stereocenters. The van der Waals surface area contributed by atoms with Gasteiger partial charge >= 0.3 is 0 Å². The second-order valence-corrected chi connectivity index (χ2v) is 6.72. The van der Waals surface area contributed by atoms with Gasteiger partial charge in [0.2, 0.25) is 0 Å². The maximum absolute atomic E-state index is 3.67. The maximum atomic E-state index is 3.67. The van der Waals surface area contributed by atoms with Gasteiger partial charge in [-0.05, 0) is 37.0 Å². The van der Waals surface area contributed by atoms with Crippen LogP contribution in [0.4, 0.5) is 0 Å². The first-order valence-electron chi connectivity index (χ1n) is 7.55. The van der Waals surface area contributed by atoms with Crippen LogP contribution in [-0.4, -0.2) is 36.6 Å². The molecule has 1 aliphatic carbocycles. The zero-order chi connectivity index (χ0) is 12.4. The molecule has 1 aliphatic heterocycles. The summed E-state index contributed by atoms with van der Waals surface area (Å²) in [6, 6.07) is 1.57. The minimum Gasteiger partial charge on any atom is -0.311 e. The van der Waals surface area contributed by atoms with Gasteiger partial charge in [-0.3, -0.25) is 4.90 Å². The molecule has 2 aliphatic rings. The number of piperazine rings is 1. The number of nitrogens with zero attached hydrogens (tertiary/aromatic N) is 1. The molecule has 2 nitrogen and oxygen atoms in total. The van der Waals surface area contributed by atoms with E-state index < -0.39 is 0 Å². The minimum atomic E-state index is 0.707. The van der Waals surface area contributed by atoms with Crippen molar-refractivity contribution in [3.63, 3.8) is 0 Å². The molecule has 2 fully saturated rings. The van der Waals surface area contributed by atoms with Crippen LogP contribution >= 0.6 is 0 Å². The van der Waals surface area contributed by atoms with Gasteiger partial charge in [0.25, 0.3) is 0 Å². The molecular formula is C15H30N2. The van der Waals surface area contributed by atoms with Gasteiger partial charge in [-0.2, -0.15) is 0 Å². The third kappa shape index (κ3) is 3.23. The van der Waals surface area contributed by atoms with E-state index >= 15 is 0 Å². The van der Waals surface area contributed by atoms with Crippen molar-refractivity contribution in [2.24, 2.45) is 17.8 Å². The van der Waals surface area contributed by atoms with E-state index in [2.05, 4.69) is 37.9 Å². The molecule has 1 saturated heterocycles. The molecule has 0 aromatic heterocycles. The fraction of sp³-hybridized carbons (Fsp3) is 1.00. The van der Waals surface area contributed by atoms with Gasteiger partial charge in [-0.25, -0.2) is 0 Å². The minimum absolute atomic E-state index is 0.707. The Morgan fingerprint density at radius 1 is 1.12 bits per heavy atom. The third-order valence-corrected chi connectivity index (χ3v) is 5.13. The molecule has 0 bridgehead atoms. The van der Waals surface area contributed by atoms with E-state index in [0.717, 1.165) is 23.8 Å². The van der Waals surface area contributed by atoms with Gasteiger partial charge in [-0.15, -0.1) is 0 Å². The van der Waals surface area contributed by atoms with Crippen LogP contribution in [-0.2, 0) is 0 Å². The maximum Gasteiger partial charge on any atom is 0.0218 e. The number of hydrogen-bond acceptors (Lipinski definition) is 2. The van der Waals surface area contributed by atoms with Crippen molar-refractivity contribution in [2.45, 2.75) is 59.0 Å². The summed E-state index contributed by atoms with van der Waals surface area (Å²) < 4.78 is 0. The highest BCUT2D eigenvalue weighted by molar-refractivity contribution is 4.88. The lowest BCUT2D eigenvalue weighted by Gasteiger charge is -2.44. The largest absolute Gasteiger partial charge is 0.311 e. The smallest absolute Gasteiger partial charge is 0.0218 e. The average Bonchev–Trinajstić information content (AvgIpc) is 2.33. The molecule has 4 atom stereocenters. The lowest BCUT2D eigenvalue weighted by molar-refractivity contribution is 0.0734. The second-order valence-electron chi connectivity index (χ2n) is 6.72. The van der Waals surface area contributed by atoms with Gasteiger partial charge in [0, 0.05) is 31.7 Å². The van der Waals surface area contributed by atoms with Crippen LogP contribution in [0.5, 0.6) is 0 Å². The topological polar surface area (TPSA) is 15.3 Å². The number of hydrogen-bond donors (Lipinski definition) is 1. The molecule has 0 aromatic carbocycles. The van der Waals surface area contributed by atoms with Crippen LogP contribution in [0.1, 0.15) is 47.0 Å². The predicted octanol–water partition coefficient (Wildman–Crippen LogP) is 2.74. The molecule has 100 valence electrons. The molecule has 0 radical (unpaired) electrons. The van der Waals surface area contributed by atoms with Gasteiger partial charge in [-0.1, -0.05) is 27.7 Å². The van der Waals surface area contributed by atoms with E-state index in [-0.39, 0.29) is 0 Å². The van der Waals surface area contributed by atoms with Gasteiger partial charge in [0.05, 0.1) is 0 Å². The average molecular weight is 238 g/mol. The van der Waals surface area contributed by atoms with Gasteiger partial charge in [0.15, 0.2) is 0 Å². The predicted molar refractivity (Wildman–Crippen MR) is 74.2 cm³/mol. The SMILES string of the molecule is CC(C)C1CN(C2CCC(C)C(C)C2)CCN1. The molecule has 1 saturated carbocycles. The second kappa shape index (κ2) is 5.71. The van der Waals surface area contributed by atoms with Crippen molar-refractivity contribution in [1.82, 2.24) is 10.2 Å². The molecular weight excluding hydrogens is 208 g/mol. The molecule has 0 amide bonds.